The molecule has 3 aromatic rings. The summed E-state index contributed by atoms with van der Waals surface area (Å²) in [6, 6.07) is 15.8. The fourth-order valence-corrected chi connectivity index (χ4v) is 3.18. The van der Waals surface area contributed by atoms with Gasteiger partial charge in [-0.1, -0.05) is 18.2 Å². The van der Waals surface area contributed by atoms with Gasteiger partial charge in [0.15, 0.2) is 0 Å². The fraction of sp³-hybridized carbons (Fsp3) is 0.318. The Morgan fingerprint density at radius 1 is 1.07 bits per heavy atom. The Hall–Kier alpha value is -2.79. The van der Waals surface area contributed by atoms with Crippen molar-refractivity contribution in [3.63, 3.8) is 0 Å². The van der Waals surface area contributed by atoms with Crippen LogP contribution in [0.25, 0.3) is 10.8 Å². The molecule has 0 bridgehead atoms. The fourth-order valence-electron chi connectivity index (χ4n) is 3.18. The molecule has 5 heteroatoms. The standard InChI is InChI=1S/C22H23NO4/c1-23-17(11-16-6-10-19(25-2)12-21(16)22(23)24)7-3-15-4-8-18(9-5-15)26-13-20-14-27-20/h4-6,8-12,20H,3,7,13-14H2,1-2H3. The lowest BCUT2D eigenvalue weighted by molar-refractivity contribution is 0.263. The average Bonchev–Trinajstić information content (AvgIpc) is 3.53. The van der Waals surface area contributed by atoms with Crippen molar-refractivity contribution < 1.29 is 14.2 Å². The van der Waals surface area contributed by atoms with Gasteiger partial charge in [-0.2, -0.15) is 0 Å². The number of aryl methyl sites for hydroxylation is 2. The first kappa shape index (κ1) is 17.6. The van der Waals surface area contributed by atoms with Gasteiger partial charge >= 0.3 is 0 Å². The summed E-state index contributed by atoms with van der Waals surface area (Å²) in [6.45, 7) is 1.42. The average molecular weight is 365 g/mol. The van der Waals surface area contributed by atoms with Gasteiger partial charge in [0.05, 0.1) is 19.1 Å². The van der Waals surface area contributed by atoms with E-state index in [0.29, 0.717) is 17.7 Å². The second kappa shape index (κ2) is 7.45. The molecule has 0 N–H and O–H groups in total. The number of hydrogen-bond acceptors (Lipinski definition) is 4. The molecule has 0 saturated carbocycles. The summed E-state index contributed by atoms with van der Waals surface area (Å²) in [4.78, 5) is 12.7. The van der Waals surface area contributed by atoms with Gasteiger partial charge in [0.2, 0.25) is 0 Å². The van der Waals surface area contributed by atoms with E-state index in [1.165, 1.54) is 5.56 Å². The van der Waals surface area contributed by atoms with Gasteiger partial charge < -0.3 is 18.8 Å². The number of fused-ring (bicyclic) bond motifs is 1. The van der Waals surface area contributed by atoms with Crippen molar-refractivity contribution in [1.29, 1.82) is 0 Å². The SMILES string of the molecule is COc1ccc2cc(CCc3ccc(OCC4CO4)cc3)n(C)c(=O)c2c1. The van der Waals surface area contributed by atoms with E-state index in [1.807, 2.05) is 31.3 Å². The minimum atomic E-state index is 0.00689. The molecule has 2 aromatic carbocycles. The normalized spacial score (nSPS) is 15.7. The lowest BCUT2D eigenvalue weighted by Crippen LogP contribution is -2.20. The number of rotatable bonds is 7. The molecule has 1 atom stereocenters. The van der Waals surface area contributed by atoms with Gasteiger partial charge in [-0.15, -0.1) is 0 Å². The topological polar surface area (TPSA) is 53.0 Å². The third-order valence-electron chi connectivity index (χ3n) is 4.98. The van der Waals surface area contributed by atoms with E-state index in [-0.39, 0.29) is 11.7 Å². The Labute approximate surface area is 158 Å². The van der Waals surface area contributed by atoms with E-state index in [0.717, 1.165) is 36.3 Å². The summed E-state index contributed by atoms with van der Waals surface area (Å²) in [7, 11) is 3.43. The largest absolute Gasteiger partial charge is 0.497 e. The Morgan fingerprint density at radius 3 is 2.52 bits per heavy atom. The maximum Gasteiger partial charge on any atom is 0.258 e. The number of pyridine rings is 1. The van der Waals surface area contributed by atoms with E-state index >= 15 is 0 Å². The van der Waals surface area contributed by atoms with Crippen LogP contribution in [0.4, 0.5) is 0 Å². The molecule has 140 valence electrons. The smallest absolute Gasteiger partial charge is 0.258 e. The van der Waals surface area contributed by atoms with Crippen LogP contribution in [0.5, 0.6) is 11.5 Å². The Morgan fingerprint density at radius 2 is 1.81 bits per heavy atom. The molecular formula is C22H23NO4. The third-order valence-corrected chi connectivity index (χ3v) is 4.98. The molecule has 1 unspecified atom stereocenters. The number of nitrogens with zero attached hydrogens (tertiary/aromatic N) is 1. The number of epoxide rings is 1. The van der Waals surface area contributed by atoms with E-state index in [9.17, 15) is 4.79 Å². The van der Waals surface area contributed by atoms with Crippen LogP contribution in [-0.4, -0.2) is 31.0 Å². The van der Waals surface area contributed by atoms with Gasteiger partial charge in [-0.05, 0) is 54.1 Å². The highest BCUT2D eigenvalue weighted by molar-refractivity contribution is 5.83. The molecular weight excluding hydrogens is 342 g/mol. The summed E-state index contributed by atoms with van der Waals surface area (Å²) in [6.07, 6.45) is 1.92. The first-order valence-corrected chi connectivity index (χ1v) is 9.14. The summed E-state index contributed by atoms with van der Waals surface area (Å²) in [5.41, 5.74) is 2.24. The van der Waals surface area contributed by atoms with E-state index in [2.05, 4.69) is 18.2 Å². The number of benzene rings is 2. The van der Waals surface area contributed by atoms with Crippen LogP contribution in [0, 0.1) is 0 Å². The lowest BCUT2D eigenvalue weighted by Gasteiger charge is -2.11. The third kappa shape index (κ3) is 3.98. The zero-order chi connectivity index (χ0) is 18.8. The second-order valence-electron chi connectivity index (χ2n) is 6.86. The van der Waals surface area contributed by atoms with Crippen LogP contribution in [-0.2, 0) is 24.6 Å². The Balaban J connectivity index is 1.48. The van der Waals surface area contributed by atoms with E-state index in [1.54, 1.807) is 17.7 Å². The van der Waals surface area contributed by atoms with Crippen molar-refractivity contribution in [3.05, 3.63) is 70.1 Å². The molecule has 4 rings (SSSR count). The molecule has 1 aromatic heterocycles. The first-order valence-electron chi connectivity index (χ1n) is 9.14. The monoisotopic (exact) mass is 365 g/mol. The van der Waals surface area contributed by atoms with Gasteiger partial charge in [0.1, 0.15) is 24.2 Å². The van der Waals surface area contributed by atoms with Gasteiger partial charge in [-0.3, -0.25) is 4.79 Å². The maximum absolute atomic E-state index is 12.7. The summed E-state index contributed by atoms with van der Waals surface area (Å²) < 4.78 is 17.8. The number of aromatic nitrogens is 1. The van der Waals surface area contributed by atoms with E-state index < -0.39 is 0 Å². The van der Waals surface area contributed by atoms with Gasteiger partial charge in [0, 0.05) is 12.7 Å². The molecule has 0 aliphatic carbocycles. The maximum atomic E-state index is 12.7. The highest BCUT2D eigenvalue weighted by atomic mass is 16.6. The predicted molar refractivity (Wildman–Crippen MR) is 105 cm³/mol. The van der Waals surface area contributed by atoms with Crippen LogP contribution < -0.4 is 15.0 Å². The Kier molecular flexibility index (Phi) is 4.86. The first-order chi connectivity index (χ1) is 13.1. The molecule has 1 saturated heterocycles. The molecule has 0 spiro atoms. The van der Waals surface area contributed by atoms with Gasteiger partial charge in [-0.25, -0.2) is 0 Å². The van der Waals surface area contributed by atoms with Crippen LogP contribution in [0.3, 0.4) is 0 Å². The van der Waals surface area contributed by atoms with Crippen molar-refractivity contribution >= 4 is 10.8 Å². The molecule has 1 aliphatic rings. The lowest BCUT2D eigenvalue weighted by atomic mass is 10.0. The van der Waals surface area contributed by atoms with E-state index in [4.69, 9.17) is 14.2 Å². The van der Waals surface area contributed by atoms with Crippen LogP contribution in [0.2, 0.25) is 0 Å². The van der Waals surface area contributed by atoms with Crippen LogP contribution in [0.1, 0.15) is 11.3 Å². The van der Waals surface area contributed by atoms with Crippen molar-refractivity contribution in [2.75, 3.05) is 20.3 Å². The molecule has 27 heavy (non-hydrogen) atoms. The minimum Gasteiger partial charge on any atom is -0.497 e. The van der Waals surface area contributed by atoms with Crippen LogP contribution in [0.15, 0.2) is 53.3 Å². The zero-order valence-electron chi connectivity index (χ0n) is 15.6. The molecule has 1 aliphatic heterocycles. The van der Waals surface area contributed by atoms with Crippen LogP contribution >= 0.6 is 0 Å². The number of methoxy groups -OCH3 is 1. The molecule has 1 fully saturated rings. The number of hydrogen-bond donors (Lipinski definition) is 0. The molecule has 0 amide bonds. The highest BCUT2D eigenvalue weighted by Gasteiger charge is 2.22. The molecule has 2 heterocycles. The van der Waals surface area contributed by atoms with Crippen molar-refractivity contribution in [3.8, 4) is 11.5 Å². The predicted octanol–water partition coefficient (Wildman–Crippen LogP) is 3.11. The summed E-state index contributed by atoms with van der Waals surface area (Å²) in [5, 5.41) is 1.63. The summed E-state index contributed by atoms with van der Waals surface area (Å²) in [5.74, 6) is 1.56. The Bertz CT molecular complexity index is 1000. The summed E-state index contributed by atoms with van der Waals surface area (Å²) >= 11 is 0. The van der Waals surface area contributed by atoms with Crippen molar-refractivity contribution in [2.45, 2.75) is 18.9 Å². The zero-order valence-corrected chi connectivity index (χ0v) is 15.6. The number of ether oxygens (including phenoxy) is 3. The minimum absolute atomic E-state index is 0.00689. The second-order valence-corrected chi connectivity index (χ2v) is 6.86. The van der Waals surface area contributed by atoms with Gasteiger partial charge in [0.25, 0.3) is 5.56 Å². The van der Waals surface area contributed by atoms with Crippen molar-refractivity contribution in [2.24, 2.45) is 7.05 Å². The quantitative estimate of drug-likeness (QED) is 0.604. The van der Waals surface area contributed by atoms with Crippen molar-refractivity contribution in [1.82, 2.24) is 4.57 Å². The molecule has 0 radical (unpaired) electrons. The molecule has 5 nitrogen and oxygen atoms in total. The highest BCUT2D eigenvalue weighted by Crippen LogP contribution is 2.20.